The number of halogens is 2. The van der Waals surface area contributed by atoms with E-state index in [1.165, 1.54) is 6.20 Å². The topological polar surface area (TPSA) is 94.1 Å². The fourth-order valence-electron chi connectivity index (χ4n) is 1.70. The molecule has 0 saturated carbocycles. The zero-order chi connectivity index (χ0) is 14.7. The molecule has 0 unspecified atom stereocenters. The Balaban J connectivity index is 2.46. The van der Waals surface area contributed by atoms with Crippen LogP contribution in [0.5, 0.6) is 0 Å². The lowest BCUT2D eigenvalue weighted by Gasteiger charge is -2.03. The molecule has 7 nitrogen and oxygen atoms in total. The summed E-state index contributed by atoms with van der Waals surface area (Å²) in [6.45, 7) is -0.0437. The summed E-state index contributed by atoms with van der Waals surface area (Å²) >= 11 is 0. The predicted molar refractivity (Wildman–Crippen MR) is 63.3 cm³/mol. The molecule has 1 aromatic heterocycles. The van der Waals surface area contributed by atoms with Gasteiger partial charge in [0.25, 0.3) is 0 Å². The van der Waals surface area contributed by atoms with Gasteiger partial charge in [-0.25, -0.2) is 13.5 Å². The number of aliphatic hydroxyl groups excluding tert-OH is 1. The van der Waals surface area contributed by atoms with Crippen molar-refractivity contribution in [3.05, 3.63) is 45.8 Å². The van der Waals surface area contributed by atoms with Crippen LogP contribution in [0.4, 0.5) is 14.5 Å². The average Bonchev–Trinajstić information content (AvgIpc) is 2.83. The van der Waals surface area contributed by atoms with Crippen LogP contribution in [0, 0.1) is 21.7 Å². The molecule has 0 fully saturated rings. The van der Waals surface area contributed by atoms with E-state index in [4.69, 9.17) is 5.11 Å². The number of hydrogen-bond acceptors (Lipinski definition) is 5. The van der Waals surface area contributed by atoms with E-state index in [2.05, 4.69) is 10.3 Å². The van der Waals surface area contributed by atoms with Gasteiger partial charge in [0.15, 0.2) is 11.5 Å². The molecular formula is C11H10F2N4O3. The molecule has 1 aromatic carbocycles. The van der Waals surface area contributed by atoms with Gasteiger partial charge >= 0.3 is 5.69 Å². The van der Waals surface area contributed by atoms with Crippen molar-refractivity contribution in [2.75, 3.05) is 6.61 Å². The third kappa shape index (κ3) is 2.77. The monoisotopic (exact) mass is 284 g/mol. The van der Waals surface area contributed by atoms with E-state index in [9.17, 15) is 18.9 Å². The second-order valence-electron chi connectivity index (χ2n) is 3.99. The second-order valence-corrected chi connectivity index (χ2v) is 3.99. The highest BCUT2D eigenvalue weighted by Gasteiger charge is 2.23. The van der Waals surface area contributed by atoms with Crippen LogP contribution in [0.15, 0.2) is 18.3 Å². The Bertz CT molecular complexity index is 645. The van der Waals surface area contributed by atoms with Gasteiger partial charge in [0, 0.05) is 12.7 Å². The molecule has 2 aromatic rings. The van der Waals surface area contributed by atoms with Gasteiger partial charge in [0.05, 0.1) is 22.9 Å². The molecule has 1 heterocycles. The molecule has 20 heavy (non-hydrogen) atoms. The molecule has 0 aliphatic carbocycles. The first kappa shape index (κ1) is 14.0. The molecule has 9 heteroatoms. The van der Waals surface area contributed by atoms with E-state index in [-0.39, 0.29) is 6.61 Å². The lowest BCUT2D eigenvalue weighted by Crippen LogP contribution is -2.05. The van der Waals surface area contributed by atoms with Crippen molar-refractivity contribution in [2.45, 2.75) is 12.8 Å². The maximum atomic E-state index is 13.7. The summed E-state index contributed by atoms with van der Waals surface area (Å²) in [5, 5.41) is 26.9. The number of nitro benzene ring substituents is 1. The van der Waals surface area contributed by atoms with Crippen LogP contribution in [0.1, 0.15) is 12.1 Å². The van der Waals surface area contributed by atoms with Crippen molar-refractivity contribution in [3.63, 3.8) is 0 Å². The first-order valence-corrected chi connectivity index (χ1v) is 5.69. The highest BCUT2D eigenvalue weighted by molar-refractivity contribution is 5.53. The smallest absolute Gasteiger partial charge is 0.300 e. The van der Waals surface area contributed by atoms with E-state index >= 15 is 0 Å². The summed E-state index contributed by atoms with van der Waals surface area (Å²) in [6, 6.07) is 1.16. The van der Waals surface area contributed by atoms with Crippen LogP contribution in [0.2, 0.25) is 0 Å². The molecule has 0 spiro atoms. The summed E-state index contributed by atoms with van der Waals surface area (Å²) < 4.78 is 27.7. The minimum Gasteiger partial charge on any atom is -0.396 e. The molecule has 0 aliphatic heterocycles. The third-order valence-electron chi connectivity index (χ3n) is 2.57. The summed E-state index contributed by atoms with van der Waals surface area (Å²) in [6.07, 6.45) is 2.14. The Morgan fingerprint density at radius 1 is 1.40 bits per heavy atom. The number of aliphatic hydroxyl groups is 1. The Morgan fingerprint density at radius 3 is 2.80 bits per heavy atom. The number of rotatable bonds is 5. The molecule has 0 aliphatic rings. The second kappa shape index (κ2) is 5.70. The van der Waals surface area contributed by atoms with Gasteiger partial charge in [0.1, 0.15) is 5.82 Å². The zero-order valence-electron chi connectivity index (χ0n) is 10.2. The average molecular weight is 284 g/mol. The Hall–Kier alpha value is -2.42. The Morgan fingerprint density at radius 2 is 2.15 bits per heavy atom. The molecule has 0 radical (unpaired) electrons. The van der Waals surface area contributed by atoms with Crippen molar-refractivity contribution < 1.29 is 18.8 Å². The minimum atomic E-state index is -1.10. The van der Waals surface area contributed by atoms with Gasteiger partial charge in [-0.05, 0) is 12.8 Å². The molecule has 2 rings (SSSR count). The molecule has 0 bridgehead atoms. The first-order valence-electron chi connectivity index (χ1n) is 5.69. The number of benzene rings is 1. The van der Waals surface area contributed by atoms with E-state index in [1.54, 1.807) is 0 Å². The predicted octanol–water partition coefficient (Wildman–Crippen LogP) is 1.38. The molecule has 1 N–H and O–H groups in total. The molecule has 0 atom stereocenters. The maximum Gasteiger partial charge on any atom is 0.300 e. The Kier molecular flexibility index (Phi) is 3.99. The van der Waals surface area contributed by atoms with E-state index < -0.39 is 27.9 Å². The van der Waals surface area contributed by atoms with Gasteiger partial charge in [-0.2, -0.15) is 0 Å². The van der Waals surface area contributed by atoms with Crippen molar-refractivity contribution in [1.82, 2.24) is 15.0 Å². The zero-order valence-corrected chi connectivity index (χ0v) is 10.2. The van der Waals surface area contributed by atoms with Crippen molar-refractivity contribution in [3.8, 4) is 5.69 Å². The van der Waals surface area contributed by atoms with Crippen molar-refractivity contribution in [1.29, 1.82) is 0 Å². The fraction of sp³-hybridized carbons (Fsp3) is 0.273. The summed E-state index contributed by atoms with van der Waals surface area (Å²) in [5.74, 6) is -2.14. The highest BCUT2D eigenvalue weighted by atomic mass is 19.1. The van der Waals surface area contributed by atoms with Crippen LogP contribution in [-0.4, -0.2) is 31.6 Å². The van der Waals surface area contributed by atoms with Crippen molar-refractivity contribution >= 4 is 5.69 Å². The van der Waals surface area contributed by atoms with E-state index in [0.717, 1.165) is 4.68 Å². The first-order chi connectivity index (χ1) is 9.52. The SMILES string of the molecule is O=[N+]([O-])c1cc(F)cc(F)c1-n1cc(CCCO)nn1. The number of hydrogen-bond donors (Lipinski definition) is 1. The maximum absolute atomic E-state index is 13.7. The molecular weight excluding hydrogens is 274 g/mol. The van der Waals surface area contributed by atoms with Gasteiger partial charge < -0.3 is 5.11 Å². The largest absolute Gasteiger partial charge is 0.396 e. The summed E-state index contributed by atoms with van der Waals surface area (Å²) in [7, 11) is 0. The van der Waals surface area contributed by atoms with E-state index in [1.807, 2.05) is 0 Å². The number of aromatic nitrogens is 3. The van der Waals surface area contributed by atoms with Crippen LogP contribution in [0.3, 0.4) is 0 Å². The van der Waals surface area contributed by atoms with Crippen LogP contribution < -0.4 is 0 Å². The highest BCUT2D eigenvalue weighted by Crippen LogP contribution is 2.26. The minimum absolute atomic E-state index is 0.0437. The Labute approximate surface area is 111 Å². The van der Waals surface area contributed by atoms with Gasteiger partial charge in [-0.1, -0.05) is 5.21 Å². The number of aryl methyl sites for hydroxylation is 1. The molecule has 106 valence electrons. The summed E-state index contributed by atoms with van der Waals surface area (Å²) in [4.78, 5) is 9.96. The fourth-order valence-corrected chi connectivity index (χ4v) is 1.70. The normalized spacial score (nSPS) is 10.8. The standard InChI is InChI=1S/C11H10F2N4O3/c12-7-4-9(13)11(10(5-7)17(19)20)16-6-8(14-15-16)2-1-3-18/h4-6,18H,1-3H2. The van der Waals surface area contributed by atoms with Gasteiger partial charge in [0.2, 0.25) is 0 Å². The van der Waals surface area contributed by atoms with Crippen molar-refractivity contribution in [2.24, 2.45) is 0 Å². The lowest BCUT2D eigenvalue weighted by atomic mass is 10.2. The van der Waals surface area contributed by atoms with Crippen LogP contribution in [0.25, 0.3) is 5.69 Å². The summed E-state index contributed by atoms with van der Waals surface area (Å²) in [5.41, 5.74) is -0.766. The molecule has 0 saturated heterocycles. The van der Waals surface area contributed by atoms with Gasteiger partial charge in [-0.15, -0.1) is 5.10 Å². The van der Waals surface area contributed by atoms with Crippen LogP contribution in [-0.2, 0) is 6.42 Å². The quantitative estimate of drug-likeness (QED) is 0.661. The molecule has 0 amide bonds. The van der Waals surface area contributed by atoms with Crippen LogP contribution >= 0.6 is 0 Å². The third-order valence-corrected chi connectivity index (χ3v) is 2.57. The number of nitro groups is 1. The van der Waals surface area contributed by atoms with E-state index in [0.29, 0.717) is 30.7 Å². The van der Waals surface area contributed by atoms with Gasteiger partial charge in [-0.3, -0.25) is 10.1 Å². The number of nitrogens with zero attached hydrogens (tertiary/aromatic N) is 4. The lowest BCUT2D eigenvalue weighted by molar-refractivity contribution is -0.385.